The Morgan fingerprint density at radius 2 is 1.63 bits per heavy atom. The fourth-order valence-electron chi connectivity index (χ4n) is 2.37. The molecule has 2 aromatic carbocycles. The largest absolute Gasteiger partial charge is 0.494 e. The van der Waals surface area contributed by atoms with Crippen molar-refractivity contribution < 1.29 is 23.9 Å². The van der Waals surface area contributed by atoms with Crippen LogP contribution in [0.4, 0.5) is 11.4 Å². The van der Waals surface area contributed by atoms with Crippen molar-refractivity contribution >= 4 is 29.2 Å². The summed E-state index contributed by atoms with van der Waals surface area (Å²) in [6, 6.07) is 13.3. The van der Waals surface area contributed by atoms with Crippen molar-refractivity contribution in [2.45, 2.75) is 40.7 Å². The number of rotatable bonds is 7. The molecule has 0 aromatic heterocycles. The molecule has 0 saturated carbocycles. The summed E-state index contributed by atoms with van der Waals surface area (Å²) in [4.78, 5) is 36.9. The molecule has 7 nitrogen and oxygen atoms in total. The van der Waals surface area contributed by atoms with Crippen molar-refractivity contribution in [3.05, 3.63) is 54.1 Å². The molecule has 160 valence electrons. The Balaban J connectivity index is 1.97. The van der Waals surface area contributed by atoms with Gasteiger partial charge in [-0.1, -0.05) is 26.8 Å². The van der Waals surface area contributed by atoms with E-state index in [-0.39, 0.29) is 11.5 Å². The molecule has 30 heavy (non-hydrogen) atoms. The Kier molecular flexibility index (Phi) is 7.58. The van der Waals surface area contributed by atoms with Gasteiger partial charge in [-0.15, -0.1) is 0 Å². The Bertz CT molecular complexity index is 901. The molecule has 1 unspecified atom stereocenters. The van der Waals surface area contributed by atoms with E-state index in [4.69, 9.17) is 9.47 Å². The fourth-order valence-corrected chi connectivity index (χ4v) is 2.37. The van der Waals surface area contributed by atoms with Crippen LogP contribution < -0.4 is 15.4 Å². The number of carbonyl (C=O) groups is 3. The van der Waals surface area contributed by atoms with Gasteiger partial charge in [-0.25, -0.2) is 4.79 Å². The molecule has 0 heterocycles. The Morgan fingerprint density at radius 1 is 0.967 bits per heavy atom. The first kappa shape index (κ1) is 22.9. The van der Waals surface area contributed by atoms with Gasteiger partial charge in [-0.3, -0.25) is 9.59 Å². The van der Waals surface area contributed by atoms with Gasteiger partial charge in [-0.05, 0) is 56.3 Å². The molecular formula is C23H28N2O5. The quantitative estimate of drug-likeness (QED) is 0.663. The molecule has 0 aliphatic rings. The minimum Gasteiger partial charge on any atom is -0.494 e. The smallest absolute Gasteiger partial charge is 0.338 e. The summed E-state index contributed by atoms with van der Waals surface area (Å²) in [5.74, 6) is -0.578. The number of nitrogens with one attached hydrogen (secondary N) is 2. The van der Waals surface area contributed by atoms with E-state index >= 15 is 0 Å². The summed E-state index contributed by atoms with van der Waals surface area (Å²) < 4.78 is 10.6. The third kappa shape index (κ3) is 6.62. The zero-order chi connectivity index (χ0) is 22.3. The van der Waals surface area contributed by atoms with Crippen LogP contribution >= 0.6 is 0 Å². The van der Waals surface area contributed by atoms with Crippen LogP contribution in [-0.4, -0.2) is 30.5 Å². The van der Waals surface area contributed by atoms with Crippen LogP contribution in [0.3, 0.4) is 0 Å². The van der Waals surface area contributed by atoms with Crippen molar-refractivity contribution in [2.24, 2.45) is 5.41 Å². The predicted octanol–water partition coefficient (Wildman–Crippen LogP) is 4.25. The van der Waals surface area contributed by atoms with Crippen molar-refractivity contribution in [1.29, 1.82) is 0 Å². The highest BCUT2D eigenvalue weighted by atomic mass is 16.5. The van der Waals surface area contributed by atoms with E-state index in [9.17, 15) is 14.4 Å². The van der Waals surface area contributed by atoms with E-state index in [1.54, 1.807) is 63.2 Å². The molecule has 2 N–H and O–H groups in total. The maximum absolute atomic E-state index is 12.4. The number of ether oxygens (including phenoxy) is 2. The third-order valence-corrected chi connectivity index (χ3v) is 4.12. The standard InChI is InChI=1S/C23H28N2O5/c1-6-29-19-12-10-17(11-13-19)24-20(26)15(2)30-21(27)16-8-7-9-18(14-16)25-22(28)23(3,4)5/h7-15H,6H2,1-5H3,(H,24,26)(H,25,28). The van der Waals surface area contributed by atoms with E-state index in [2.05, 4.69) is 10.6 Å². The normalized spacial score (nSPS) is 11.9. The van der Waals surface area contributed by atoms with Crippen LogP contribution in [0.1, 0.15) is 45.0 Å². The van der Waals surface area contributed by atoms with Gasteiger partial charge >= 0.3 is 5.97 Å². The first-order chi connectivity index (χ1) is 14.1. The molecule has 2 aromatic rings. The first-order valence-electron chi connectivity index (χ1n) is 9.76. The molecule has 0 aliphatic carbocycles. The number of amides is 2. The molecule has 1 atom stereocenters. The van der Waals surface area contributed by atoms with Crippen LogP contribution in [0.2, 0.25) is 0 Å². The van der Waals surface area contributed by atoms with Gasteiger partial charge in [0.1, 0.15) is 5.75 Å². The average molecular weight is 412 g/mol. The number of hydrogen-bond donors (Lipinski definition) is 2. The number of carbonyl (C=O) groups excluding carboxylic acids is 3. The summed E-state index contributed by atoms with van der Waals surface area (Å²) >= 11 is 0. The number of anilines is 2. The van der Waals surface area contributed by atoms with Crippen LogP contribution in [0.25, 0.3) is 0 Å². The molecule has 0 saturated heterocycles. The molecule has 0 spiro atoms. The van der Waals surface area contributed by atoms with Gasteiger partial charge in [0.25, 0.3) is 5.91 Å². The van der Waals surface area contributed by atoms with Crippen LogP contribution in [0, 0.1) is 5.41 Å². The highest BCUT2D eigenvalue weighted by Crippen LogP contribution is 2.19. The summed E-state index contributed by atoms with van der Waals surface area (Å²) in [5, 5.41) is 5.46. The van der Waals surface area contributed by atoms with Gasteiger partial charge in [0, 0.05) is 16.8 Å². The van der Waals surface area contributed by atoms with Gasteiger partial charge in [0.15, 0.2) is 6.10 Å². The lowest BCUT2D eigenvalue weighted by atomic mass is 9.95. The number of benzene rings is 2. The Morgan fingerprint density at radius 3 is 2.23 bits per heavy atom. The lowest BCUT2D eigenvalue weighted by Gasteiger charge is -2.18. The number of esters is 1. The van der Waals surface area contributed by atoms with Crippen molar-refractivity contribution in [2.75, 3.05) is 17.2 Å². The van der Waals surface area contributed by atoms with E-state index in [0.717, 1.165) is 0 Å². The fraction of sp³-hybridized carbons (Fsp3) is 0.348. The van der Waals surface area contributed by atoms with E-state index < -0.39 is 23.4 Å². The molecule has 0 radical (unpaired) electrons. The lowest BCUT2D eigenvalue weighted by Crippen LogP contribution is -2.30. The van der Waals surface area contributed by atoms with Gasteiger partial charge < -0.3 is 20.1 Å². The van der Waals surface area contributed by atoms with Crippen molar-refractivity contribution in [3.63, 3.8) is 0 Å². The Hall–Kier alpha value is -3.35. The molecular weight excluding hydrogens is 384 g/mol. The first-order valence-corrected chi connectivity index (χ1v) is 9.76. The second-order valence-corrected chi connectivity index (χ2v) is 7.78. The maximum Gasteiger partial charge on any atom is 0.338 e. The SMILES string of the molecule is CCOc1ccc(NC(=O)C(C)OC(=O)c2cccc(NC(=O)C(C)(C)C)c2)cc1. The monoisotopic (exact) mass is 412 g/mol. The topological polar surface area (TPSA) is 93.7 Å². The third-order valence-electron chi connectivity index (χ3n) is 4.12. The molecule has 0 fully saturated rings. The minimum absolute atomic E-state index is 0.170. The van der Waals surface area contributed by atoms with Crippen molar-refractivity contribution in [3.8, 4) is 5.75 Å². The van der Waals surface area contributed by atoms with Crippen molar-refractivity contribution in [1.82, 2.24) is 0 Å². The molecule has 7 heteroatoms. The zero-order valence-corrected chi connectivity index (χ0v) is 17.9. The minimum atomic E-state index is -1.00. The average Bonchev–Trinajstić information content (AvgIpc) is 2.69. The maximum atomic E-state index is 12.4. The Labute approximate surface area is 176 Å². The number of hydrogen-bond acceptors (Lipinski definition) is 5. The highest BCUT2D eigenvalue weighted by molar-refractivity contribution is 5.99. The second-order valence-electron chi connectivity index (χ2n) is 7.78. The predicted molar refractivity (Wildman–Crippen MR) is 116 cm³/mol. The van der Waals surface area contributed by atoms with E-state index in [1.165, 1.54) is 13.0 Å². The van der Waals surface area contributed by atoms with Crippen LogP contribution in [0.15, 0.2) is 48.5 Å². The molecule has 2 rings (SSSR count). The summed E-state index contributed by atoms with van der Waals surface area (Å²) in [6.07, 6.45) is -1.00. The second kappa shape index (κ2) is 9.91. The van der Waals surface area contributed by atoms with E-state index in [0.29, 0.717) is 23.7 Å². The van der Waals surface area contributed by atoms with Gasteiger partial charge in [0.2, 0.25) is 5.91 Å². The highest BCUT2D eigenvalue weighted by Gasteiger charge is 2.22. The molecule has 2 amide bonds. The summed E-state index contributed by atoms with van der Waals surface area (Å²) in [7, 11) is 0. The zero-order valence-electron chi connectivity index (χ0n) is 17.9. The van der Waals surface area contributed by atoms with Gasteiger partial charge in [0.05, 0.1) is 12.2 Å². The molecule has 0 aliphatic heterocycles. The van der Waals surface area contributed by atoms with Gasteiger partial charge in [-0.2, -0.15) is 0 Å². The summed E-state index contributed by atoms with van der Waals surface area (Å²) in [6.45, 7) is 9.33. The van der Waals surface area contributed by atoms with Crippen LogP contribution in [0.5, 0.6) is 5.75 Å². The molecule has 0 bridgehead atoms. The lowest BCUT2D eigenvalue weighted by molar-refractivity contribution is -0.124. The van der Waals surface area contributed by atoms with E-state index in [1.807, 2.05) is 6.92 Å². The summed E-state index contributed by atoms with van der Waals surface area (Å²) in [5.41, 5.74) is 0.723. The van der Waals surface area contributed by atoms with Crippen LogP contribution in [-0.2, 0) is 14.3 Å².